The molecule has 0 aromatic heterocycles. The zero-order chi connectivity index (χ0) is 16.5. The Kier molecular flexibility index (Phi) is 8.78. The number of unbranched alkanes of at least 4 members (excludes halogenated alkanes) is 2. The summed E-state index contributed by atoms with van der Waals surface area (Å²) in [6.45, 7) is 4.08. The van der Waals surface area contributed by atoms with E-state index in [0.717, 1.165) is 29.3 Å². The van der Waals surface area contributed by atoms with Gasteiger partial charge in [0.1, 0.15) is 6.23 Å². The molecular formula is C17H26INO3. The third kappa shape index (κ3) is 5.76. The average Bonchev–Trinajstić information content (AvgIpc) is 2.48. The van der Waals surface area contributed by atoms with Gasteiger partial charge in [-0.25, -0.2) is 4.79 Å². The van der Waals surface area contributed by atoms with Gasteiger partial charge in [-0.3, -0.25) is 4.90 Å². The van der Waals surface area contributed by atoms with E-state index in [1.54, 1.807) is 7.11 Å². The molecule has 1 aromatic rings. The third-order valence-electron chi connectivity index (χ3n) is 3.81. The number of hydrogen-bond acceptors (Lipinski definition) is 2. The minimum atomic E-state index is -0.915. The van der Waals surface area contributed by atoms with Crippen LogP contribution < -0.4 is 0 Å². The second-order valence-electron chi connectivity index (χ2n) is 5.52. The van der Waals surface area contributed by atoms with Crippen molar-refractivity contribution in [3.05, 3.63) is 33.4 Å². The molecule has 2 atom stereocenters. The number of hydrogen-bond donors (Lipinski definition) is 1. The first kappa shape index (κ1) is 19.2. The van der Waals surface area contributed by atoms with Gasteiger partial charge in [0.15, 0.2) is 0 Å². The number of carbonyl (C=O) groups is 1. The summed E-state index contributed by atoms with van der Waals surface area (Å²) in [5.74, 6) is 0. The lowest BCUT2D eigenvalue weighted by Gasteiger charge is -2.33. The van der Waals surface area contributed by atoms with Gasteiger partial charge in [-0.2, -0.15) is 0 Å². The molecule has 0 fully saturated rings. The van der Waals surface area contributed by atoms with Crippen molar-refractivity contribution in [2.75, 3.05) is 7.11 Å². The first-order valence-electron chi connectivity index (χ1n) is 7.78. The van der Waals surface area contributed by atoms with Gasteiger partial charge in [0.25, 0.3) is 0 Å². The quantitative estimate of drug-likeness (QED) is 0.357. The highest BCUT2D eigenvalue weighted by atomic mass is 127. The van der Waals surface area contributed by atoms with Crippen LogP contribution in [0.1, 0.15) is 45.1 Å². The summed E-state index contributed by atoms with van der Waals surface area (Å²) in [6.07, 6.45) is 3.34. The highest BCUT2D eigenvalue weighted by molar-refractivity contribution is 14.1. The number of nitrogens with zero attached hydrogens (tertiary/aromatic N) is 1. The Balaban J connectivity index is 2.79. The number of amides is 1. The van der Waals surface area contributed by atoms with Crippen molar-refractivity contribution in [2.45, 2.75) is 58.2 Å². The molecule has 1 aromatic carbocycles. The fraction of sp³-hybridized carbons (Fsp3) is 0.588. The van der Waals surface area contributed by atoms with Gasteiger partial charge in [-0.15, -0.1) is 0 Å². The molecule has 0 aliphatic carbocycles. The van der Waals surface area contributed by atoms with E-state index >= 15 is 0 Å². The van der Waals surface area contributed by atoms with Crippen molar-refractivity contribution in [2.24, 2.45) is 0 Å². The van der Waals surface area contributed by atoms with Crippen molar-refractivity contribution >= 4 is 28.7 Å². The molecule has 0 aliphatic heterocycles. The van der Waals surface area contributed by atoms with Crippen molar-refractivity contribution in [3.63, 3.8) is 0 Å². The van der Waals surface area contributed by atoms with Gasteiger partial charge < -0.3 is 9.84 Å². The summed E-state index contributed by atoms with van der Waals surface area (Å²) in [5.41, 5.74) is 1.17. The van der Waals surface area contributed by atoms with E-state index in [9.17, 15) is 9.90 Å². The van der Waals surface area contributed by atoms with Crippen LogP contribution in [0.3, 0.4) is 0 Å². The second kappa shape index (κ2) is 10.0. The van der Waals surface area contributed by atoms with Crippen LogP contribution in [0.5, 0.6) is 0 Å². The Hall–Kier alpha value is -0.820. The summed E-state index contributed by atoms with van der Waals surface area (Å²) in [5, 5.41) is 9.59. The summed E-state index contributed by atoms with van der Waals surface area (Å²) in [7, 11) is 1.59. The largest absolute Gasteiger partial charge is 0.465 e. The summed E-state index contributed by atoms with van der Waals surface area (Å²) >= 11 is 2.29. The molecule has 0 saturated heterocycles. The third-order valence-corrected chi connectivity index (χ3v) is 4.86. The number of rotatable bonds is 9. The number of ether oxygens (including phenoxy) is 1. The molecule has 0 spiro atoms. The van der Waals surface area contributed by atoms with Crippen LogP contribution in [0.4, 0.5) is 4.79 Å². The monoisotopic (exact) mass is 419 g/mol. The molecule has 5 heteroatoms. The Morgan fingerprint density at radius 3 is 2.59 bits per heavy atom. The molecule has 124 valence electrons. The van der Waals surface area contributed by atoms with Crippen LogP contribution in [-0.4, -0.2) is 35.5 Å². The van der Waals surface area contributed by atoms with E-state index in [1.807, 2.05) is 25.1 Å². The summed E-state index contributed by atoms with van der Waals surface area (Å²) < 4.78 is 6.62. The minimum Gasteiger partial charge on any atom is -0.465 e. The first-order valence-corrected chi connectivity index (χ1v) is 8.86. The van der Waals surface area contributed by atoms with E-state index in [2.05, 4.69) is 35.6 Å². The normalized spacial score (nSPS) is 13.6. The van der Waals surface area contributed by atoms with Crippen molar-refractivity contribution in [1.82, 2.24) is 4.90 Å². The lowest BCUT2D eigenvalue weighted by atomic mass is 10.1. The number of carboxylic acid groups (broad SMARTS) is 1. The highest BCUT2D eigenvalue weighted by Crippen LogP contribution is 2.20. The maximum absolute atomic E-state index is 11.7. The van der Waals surface area contributed by atoms with Crippen LogP contribution in [0, 0.1) is 3.57 Å². The fourth-order valence-corrected chi connectivity index (χ4v) is 3.22. The maximum atomic E-state index is 11.7. The maximum Gasteiger partial charge on any atom is 0.409 e. The second-order valence-corrected chi connectivity index (χ2v) is 6.68. The molecule has 1 amide bonds. The van der Waals surface area contributed by atoms with Crippen molar-refractivity contribution in [1.29, 1.82) is 0 Å². The molecule has 0 bridgehead atoms. The average molecular weight is 419 g/mol. The van der Waals surface area contributed by atoms with E-state index in [4.69, 9.17) is 4.74 Å². The standard InChI is InChI=1S/C17H26INO3/c1-4-5-6-11-16(22-3)19(17(20)21)13(2)12-14-9-7-8-10-15(14)18/h7-10,13,16H,4-6,11-12H2,1-3H3,(H,20,21)/t13-,16-/m0/s1. The molecule has 1 N–H and O–H groups in total. The Morgan fingerprint density at radius 1 is 1.36 bits per heavy atom. The van der Waals surface area contributed by atoms with E-state index in [-0.39, 0.29) is 12.3 Å². The summed E-state index contributed by atoms with van der Waals surface area (Å²) in [6, 6.07) is 7.96. The Bertz CT molecular complexity index is 467. The fourth-order valence-electron chi connectivity index (χ4n) is 2.62. The predicted molar refractivity (Wildman–Crippen MR) is 97.1 cm³/mol. The SMILES string of the molecule is CCCCC[C@H](OC)N(C(=O)O)[C@@H](C)Cc1ccccc1I. The van der Waals surface area contributed by atoms with Crippen LogP contribution in [0.2, 0.25) is 0 Å². The van der Waals surface area contributed by atoms with Crippen LogP contribution >= 0.6 is 22.6 Å². The Labute approximate surface area is 147 Å². The summed E-state index contributed by atoms with van der Waals surface area (Å²) in [4.78, 5) is 13.2. The zero-order valence-electron chi connectivity index (χ0n) is 13.6. The molecule has 0 saturated carbocycles. The lowest BCUT2D eigenvalue weighted by molar-refractivity contribution is -0.0436. The van der Waals surface area contributed by atoms with Gasteiger partial charge in [0.05, 0.1) is 0 Å². The van der Waals surface area contributed by atoms with Crippen LogP contribution in [0.15, 0.2) is 24.3 Å². The lowest BCUT2D eigenvalue weighted by Crippen LogP contribution is -2.47. The van der Waals surface area contributed by atoms with E-state index < -0.39 is 6.09 Å². The Morgan fingerprint density at radius 2 is 2.05 bits per heavy atom. The van der Waals surface area contributed by atoms with Crippen molar-refractivity contribution in [3.8, 4) is 0 Å². The predicted octanol–water partition coefficient (Wildman–Crippen LogP) is 4.76. The van der Waals surface area contributed by atoms with Crippen LogP contribution in [-0.2, 0) is 11.2 Å². The van der Waals surface area contributed by atoms with Gasteiger partial charge >= 0.3 is 6.09 Å². The molecule has 0 aliphatic rings. The van der Waals surface area contributed by atoms with Gasteiger partial charge in [-0.05, 0) is 60.4 Å². The van der Waals surface area contributed by atoms with Gasteiger partial charge in [0.2, 0.25) is 0 Å². The molecule has 0 heterocycles. The first-order chi connectivity index (χ1) is 10.5. The smallest absolute Gasteiger partial charge is 0.409 e. The topological polar surface area (TPSA) is 49.8 Å². The van der Waals surface area contributed by atoms with E-state index in [1.165, 1.54) is 10.5 Å². The highest BCUT2D eigenvalue weighted by Gasteiger charge is 2.28. The molecule has 0 unspecified atom stereocenters. The molecular weight excluding hydrogens is 393 g/mol. The van der Waals surface area contributed by atoms with Gasteiger partial charge in [0, 0.05) is 16.7 Å². The minimum absolute atomic E-state index is 0.125. The number of halogens is 1. The number of benzene rings is 1. The van der Waals surface area contributed by atoms with Crippen LogP contribution in [0.25, 0.3) is 0 Å². The molecule has 4 nitrogen and oxygen atoms in total. The van der Waals surface area contributed by atoms with Gasteiger partial charge in [-0.1, -0.05) is 38.0 Å². The zero-order valence-corrected chi connectivity index (χ0v) is 15.7. The molecule has 1 rings (SSSR count). The number of methoxy groups -OCH3 is 1. The van der Waals surface area contributed by atoms with E-state index in [0.29, 0.717) is 6.42 Å². The van der Waals surface area contributed by atoms with Crippen molar-refractivity contribution < 1.29 is 14.6 Å². The molecule has 22 heavy (non-hydrogen) atoms. The molecule has 0 radical (unpaired) electrons.